The number of rotatable bonds is 6. The molecule has 1 heterocycles. The molecule has 158 valence electrons. The fourth-order valence-electron chi connectivity index (χ4n) is 6.52. The van der Waals surface area contributed by atoms with Gasteiger partial charge in [-0.2, -0.15) is 0 Å². The summed E-state index contributed by atoms with van der Waals surface area (Å²) in [5.74, 6) is 2.00. The quantitative estimate of drug-likeness (QED) is 0.769. The third-order valence-electron chi connectivity index (χ3n) is 7.96. The fraction of sp³-hybridized carbons (Fsp3) is 0.708. The van der Waals surface area contributed by atoms with Crippen molar-refractivity contribution >= 4 is 5.91 Å². The van der Waals surface area contributed by atoms with Crippen LogP contribution in [0.2, 0.25) is 0 Å². The number of hydrogen-bond donors (Lipinski definition) is 2. The second-order valence-electron chi connectivity index (χ2n) is 10.1. The third-order valence-corrected chi connectivity index (χ3v) is 7.96. The molecule has 5 rings (SSSR count). The Hall–Kier alpha value is -1.75. The molecule has 2 fully saturated rings. The van der Waals surface area contributed by atoms with Gasteiger partial charge in [0, 0.05) is 31.0 Å². The molecule has 0 bridgehead atoms. The van der Waals surface area contributed by atoms with Crippen molar-refractivity contribution in [2.24, 2.45) is 11.3 Å². The van der Waals surface area contributed by atoms with Gasteiger partial charge in [0.2, 0.25) is 5.91 Å². The van der Waals surface area contributed by atoms with E-state index in [2.05, 4.69) is 30.1 Å². The summed E-state index contributed by atoms with van der Waals surface area (Å²) in [7, 11) is 0. The third kappa shape index (κ3) is 3.04. The Labute approximate surface area is 173 Å². The van der Waals surface area contributed by atoms with Gasteiger partial charge >= 0.3 is 0 Å². The predicted molar refractivity (Wildman–Crippen MR) is 112 cm³/mol. The maximum atomic E-state index is 11.8. The summed E-state index contributed by atoms with van der Waals surface area (Å²) in [5, 5.41) is 13.7. The number of carbonyl (C=O) groups excluding carboxylic acids is 1. The van der Waals surface area contributed by atoms with Crippen molar-refractivity contribution in [3.05, 3.63) is 23.3 Å². The Bertz CT molecular complexity index is 821. The first kappa shape index (κ1) is 19.2. The van der Waals surface area contributed by atoms with Gasteiger partial charge in [-0.15, -0.1) is 0 Å². The molecule has 0 saturated heterocycles. The smallest absolute Gasteiger partial charge is 0.217 e. The lowest BCUT2D eigenvalue weighted by atomic mass is 9.54. The van der Waals surface area contributed by atoms with Crippen LogP contribution in [-0.4, -0.2) is 47.2 Å². The van der Waals surface area contributed by atoms with Crippen molar-refractivity contribution in [2.45, 2.75) is 83.4 Å². The molecule has 4 aliphatic rings. The molecule has 1 amide bonds. The Kier molecular flexibility index (Phi) is 4.57. The van der Waals surface area contributed by atoms with Gasteiger partial charge in [-0.25, -0.2) is 0 Å². The molecule has 2 N–H and O–H groups in total. The first-order chi connectivity index (χ1) is 13.9. The Morgan fingerprint density at radius 3 is 2.83 bits per heavy atom. The van der Waals surface area contributed by atoms with Crippen LogP contribution < -0.4 is 10.1 Å². The lowest BCUT2D eigenvalue weighted by Crippen LogP contribution is -2.61. The molecule has 5 nitrogen and oxygen atoms in total. The van der Waals surface area contributed by atoms with E-state index in [0.717, 1.165) is 31.7 Å². The van der Waals surface area contributed by atoms with Gasteiger partial charge in [-0.1, -0.05) is 19.9 Å². The van der Waals surface area contributed by atoms with Gasteiger partial charge in [0.15, 0.2) is 11.5 Å². The molecule has 5 atom stereocenters. The SMILES string of the molecule is CCCN(CC1CC1)C1Cc2ccc(O)c3c2C2C(O3)C(NC(C)=O)CC[C@]21C. The summed E-state index contributed by atoms with van der Waals surface area (Å²) in [4.78, 5) is 14.6. The van der Waals surface area contributed by atoms with Crippen LogP contribution in [0.3, 0.4) is 0 Å². The largest absolute Gasteiger partial charge is 0.504 e. The fourth-order valence-corrected chi connectivity index (χ4v) is 6.52. The molecule has 0 radical (unpaired) electrons. The van der Waals surface area contributed by atoms with E-state index < -0.39 is 0 Å². The topological polar surface area (TPSA) is 61.8 Å². The molecule has 1 aliphatic heterocycles. The number of phenols is 1. The summed E-state index contributed by atoms with van der Waals surface area (Å²) < 4.78 is 6.41. The highest BCUT2D eigenvalue weighted by atomic mass is 16.5. The average Bonchev–Trinajstić information content (AvgIpc) is 3.38. The van der Waals surface area contributed by atoms with Gasteiger partial charge < -0.3 is 15.2 Å². The Balaban J connectivity index is 1.57. The van der Waals surface area contributed by atoms with Crippen LogP contribution in [0.1, 0.15) is 69.9 Å². The van der Waals surface area contributed by atoms with Crippen LogP contribution in [0.25, 0.3) is 0 Å². The van der Waals surface area contributed by atoms with E-state index in [1.165, 1.54) is 36.9 Å². The van der Waals surface area contributed by atoms with E-state index in [4.69, 9.17) is 4.74 Å². The molecular formula is C24H34N2O3. The zero-order valence-corrected chi connectivity index (χ0v) is 17.9. The average molecular weight is 399 g/mol. The van der Waals surface area contributed by atoms with Crippen LogP contribution in [-0.2, 0) is 11.2 Å². The van der Waals surface area contributed by atoms with Crippen molar-refractivity contribution < 1.29 is 14.6 Å². The summed E-state index contributed by atoms with van der Waals surface area (Å²) in [6, 6.07) is 4.40. The highest BCUT2D eigenvalue weighted by Crippen LogP contribution is 2.62. The van der Waals surface area contributed by atoms with E-state index in [-0.39, 0.29) is 35.1 Å². The number of amides is 1. The maximum Gasteiger partial charge on any atom is 0.217 e. The lowest BCUT2D eigenvalue weighted by molar-refractivity contribution is -0.121. The van der Waals surface area contributed by atoms with Crippen LogP contribution in [0, 0.1) is 11.3 Å². The minimum atomic E-state index is -0.0908. The molecule has 0 spiro atoms. The number of nitrogens with zero attached hydrogens (tertiary/aromatic N) is 1. The van der Waals surface area contributed by atoms with E-state index in [1.54, 1.807) is 13.0 Å². The first-order valence-corrected chi connectivity index (χ1v) is 11.4. The maximum absolute atomic E-state index is 11.8. The number of ether oxygens (including phenoxy) is 1. The molecule has 3 aliphatic carbocycles. The minimum absolute atomic E-state index is 0.00342. The van der Waals surface area contributed by atoms with Crippen molar-refractivity contribution in [1.82, 2.24) is 10.2 Å². The van der Waals surface area contributed by atoms with E-state index in [1.807, 2.05) is 0 Å². The van der Waals surface area contributed by atoms with Crippen LogP contribution in [0.5, 0.6) is 11.5 Å². The molecule has 1 aromatic carbocycles. The number of nitrogens with one attached hydrogen (secondary N) is 1. The molecule has 2 saturated carbocycles. The van der Waals surface area contributed by atoms with Crippen molar-refractivity contribution in [1.29, 1.82) is 0 Å². The molecule has 0 aromatic heterocycles. The van der Waals surface area contributed by atoms with E-state index in [0.29, 0.717) is 11.8 Å². The number of benzene rings is 1. The van der Waals surface area contributed by atoms with Crippen LogP contribution >= 0.6 is 0 Å². The number of phenolic OH excluding ortho intramolecular Hbond substituents is 1. The minimum Gasteiger partial charge on any atom is -0.504 e. The highest BCUT2D eigenvalue weighted by molar-refractivity contribution is 5.73. The van der Waals surface area contributed by atoms with Crippen LogP contribution in [0.4, 0.5) is 0 Å². The molecule has 4 unspecified atom stereocenters. The standard InChI is InChI=1S/C24H34N2O3/c1-4-11-26(13-15-5-6-15)19-12-16-7-8-18(28)23-20(16)21-22(29-23)17(25-14(2)27)9-10-24(19,21)3/h7-8,15,17,19,21-22,28H,4-6,9-13H2,1-3H3,(H,25,27)/t17?,19?,21?,22?,24-/m0/s1. The van der Waals surface area contributed by atoms with Gasteiger partial charge in [-0.3, -0.25) is 9.69 Å². The molecule has 29 heavy (non-hydrogen) atoms. The molecule has 5 heteroatoms. The van der Waals surface area contributed by atoms with Gasteiger partial charge in [0.25, 0.3) is 0 Å². The Morgan fingerprint density at radius 1 is 1.34 bits per heavy atom. The normalized spacial score (nSPS) is 34.6. The number of carbonyl (C=O) groups is 1. The number of hydrogen-bond acceptors (Lipinski definition) is 4. The van der Waals surface area contributed by atoms with Crippen molar-refractivity contribution in [3.63, 3.8) is 0 Å². The second-order valence-corrected chi connectivity index (χ2v) is 10.1. The van der Waals surface area contributed by atoms with Gasteiger partial charge in [0.1, 0.15) is 6.10 Å². The summed E-state index contributed by atoms with van der Waals surface area (Å²) in [6.07, 6.45) is 6.87. The zero-order valence-electron chi connectivity index (χ0n) is 17.9. The molecular weight excluding hydrogens is 364 g/mol. The lowest BCUT2D eigenvalue weighted by Gasteiger charge is -2.55. The monoisotopic (exact) mass is 398 g/mol. The van der Waals surface area contributed by atoms with Gasteiger partial charge in [0.05, 0.1) is 6.04 Å². The summed E-state index contributed by atoms with van der Waals surface area (Å²) in [6.45, 7) is 8.66. The molecule has 1 aromatic rings. The summed E-state index contributed by atoms with van der Waals surface area (Å²) >= 11 is 0. The van der Waals surface area contributed by atoms with E-state index >= 15 is 0 Å². The second kappa shape index (κ2) is 6.90. The Morgan fingerprint density at radius 2 is 2.14 bits per heavy atom. The first-order valence-electron chi connectivity index (χ1n) is 11.4. The predicted octanol–water partition coefficient (Wildman–Crippen LogP) is 3.59. The van der Waals surface area contributed by atoms with Crippen molar-refractivity contribution in [2.75, 3.05) is 13.1 Å². The summed E-state index contributed by atoms with van der Waals surface area (Å²) in [5.41, 5.74) is 2.63. The van der Waals surface area contributed by atoms with Crippen molar-refractivity contribution in [3.8, 4) is 11.5 Å². The number of aromatic hydroxyl groups is 1. The van der Waals surface area contributed by atoms with Gasteiger partial charge in [-0.05, 0) is 68.0 Å². The zero-order chi connectivity index (χ0) is 20.3. The highest BCUT2D eigenvalue weighted by Gasteiger charge is 2.60. The van der Waals surface area contributed by atoms with E-state index in [9.17, 15) is 9.90 Å². The van der Waals surface area contributed by atoms with Crippen LogP contribution in [0.15, 0.2) is 12.1 Å².